The Bertz CT molecular complexity index is 1240. The average Bonchev–Trinajstić information content (AvgIpc) is 2.90. The van der Waals surface area contributed by atoms with Crippen molar-refractivity contribution in [3.8, 4) is 5.75 Å². The van der Waals surface area contributed by atoms with Crippen molar-refractivity contribution < 1.29 is 33.7 Å². The number of carboxylic acids is 1. The number of amides is 2. The zero-order valence-corrected chi connectivity index (χ0v) is 20.4. The number of aliphatic hydroxyl groups is 1. The zero-order valence-electron chi connectivity index (χ0n) is 19.6. The lowest BCUT2D eigenvalue weighted by Crippen LogP contribution is -2.57. The average molecular weight is 525 g/mol. The number of nitrogens with zero attached hydrogens (tertiary/aromatic N) is 1. The molecule has 1 aliphatic rings. The van der Waals surface area contributed by atoms with Gasteiger partial charge in [0, 0.05) is 11.4 Å². The number of aliphatic carboxylic acids is 1. The molecule has 8 nitrogen and oxygen atoms in total. The summed E-state index contributed by atoms with van der Waals surface area (Å²) in [5.74, 6) is -1.49. The second-order valence-electron chi connectivity index (χ2n) is 8.34. The minimum Gasteiger partial charge on any atom is -0.484 e. The summed E-state index contributed by atoms with van der Waals surface area (Å²) in [4.78, 5) is 37.1. The van der Waals surface area contributed by atoms with E-state index in [4.69, 9.17) is 9.84 Å². The molecule has 0 bridgehead atoms. The van der Waals surface area contributed by atoms with Crippen LogP contribution in [0.4, 0.5) is 10.1 Å². The molecule has 0 aliphatic carbocycles. The quantitative estimate of drug-likeness (QED) is 0.330. The van der Waals surface area contributed by atoms with Gasteiger partial charge in [-0.1, -0.05) is 42.5 Å². The van der Waals surface area contributed by atoms with Crippen molar-refractivity contribution in [2.24, 2.45) is 0 Å². The molecule has 1 heterocycles. The van der Waals surface area contributed by atoms with Gasteiger partial charge in [-0.3, -0.25) is 14.4 Å². The number of hydrogen-bond acceptors (Lipinski definition) is 6. The van der Waals surface area contributed by atoms with Crippen LogP contribution in [0.3, 0.4) is 0 Å². The fourth-order valence-electron chi connectivity index (χ4n) is 3.94. The van der Waals surface area contributed by atoms with Crippen LogP contribution in [0.1, 0.15) is 23.3 Å². The maximum Gasteiger partial charge on any atom is 0.322 e. The molecule has 3 aromatic rings. The molecule has 10 heteroatoms. The van der Waals surface area contributed by atoms with Crippen molar-refractivity contribution in [1.29, 1.82) is 0 Å². The normalized spacial score (nSPS) is 17.6. The van der Waals surface area contributed by atoms with Crippen molar-refractivity contribution in [2.45, 2.75) is 17.4 Å². The molecule has 0 spiro atoms. The van der Waals surface area contributed by atoms with Crippen LogP contribution < -0.4 is 15.0 Å². The first-order valence-corrected chi connectivity index (χ1v) is 12.5. The molecule has 192 valence electrons. The second-order valence-corrected chi connectivity index (χ2v) is 9.51. The number of rotatable bonds is 11. The van der Waals surface area contributed by atoms with Crippen molar-refractivity contribution in [3.05, 3.63) is 95.8 Å². The Morgan fingerprint density at radius 2 is 1.70 bits per heavy atom. The van der Waals surface area contributed by atoms with Crippen LogP contribution in [-0.4, -0.2) is 52.2 Å². The summed E-state index contributed by atoms with van der Waals surface area (Å²) in [5, 5.41) is 21.0. The SMILES string of the molecule is O=C(O)CNC(=O)COc1ccc(C2[C@@H](SCC(O)c3ccc(F)cc3)C(=O)N2c2ccccc2)cc1. The number of β-lactam (4-membered cyclic amide) rings is 1. The van der Waals surface area contributed by atoms with Crippen molar-refractivity contribution in [2.75, 3.05) is 23.8 Å². The Morgan fingerprint density at radius 3 is 2.35 bits per heavy atom. The van der Waals surface area contributed by atoms with E-state index in [9.17, 15) is 23.9 Å². The Kier molecular flexibility index (Phi) is 8.42. The number of ether oxygens (including phenoxy) is 1. The molecule has 2 unspecified atom stereocenters. The fourth-order valence-corrected chi connectivity index (χ4v) is 5.24. The van der Waals surface area contributed by atoms with E-state index in [-0.39, 0.29) is 30.1 Å². The molecular weight excluding hydrogens is 499 g/mol. The van der Waals surface area contributed by atoms with Gasteiger partial charge in [-0.05, 0) is 47.5 Å². The number of carbonyl (C=O) groups is 3. The van der Waals surface area contributed by atoms with E-state index in [1.54, 1.807) is 17.0 Å². The summed E-state index contributed by atoms with van der Waals surface area (Å²) < 4.78 is 18.6. The number of halogens is 1. The molecule has 1 fully saturated rings. The number of hydrogen-bond donors (Lipinski definition) is 3. The number of benzene rings is 3. The summed E-state index contributed by atoms with van der Waals surface area (Å²) in [7, 11) is 0. The molecule has 3 aromatic carbocycles. The fraction of sp³-hybridized carbons (Fsp3) is 0.222. The highest BCUT2D eigenvalue weighted by Crippen LogP contribution is 2.46. The number of anilines is 1. The number of thioether (sulfide) groups is 1. The number of aliphatic hydroxyl groups excluding tert-OH is 1. The molecular formula is C27H25FN2O6S. The van der Waals surface area contributed by atoms with Crippen molar-refractivity contribution in [1.82, 2.24) is 5.32 Å². The summed E-state index contributed by atoms with van der Waals surface area (Å²) in [6.07, 6.45) is -0.854. The van der Waals surface area contributed by atoms with E-state index in [0.29, 0.717) is 11.3 Å². The highest BCUT2D eigenvalue weighted by Gasteiger charge is 2.49. The summed E-state index contributed by atoms with van der Waals surface area (Å²) in [6, 6.07) is 21.6. The first-order valence-electron chi connectivity index (χ1n) is 11.5. The molecule has 37 heavy (non-hydrogen) atoms. The van der Waals surface area contributed by atoms with Gasteiger partial charge in [-0.25, -0.2) is 4.39 Å². The summed E-state index contributed by atoms with van der Waals surface area (Å²) >= 11 is 1.34. The summed E-state index contributed by atoms with van der Waals surface area (Å²) in [6.45, 7) is -0.814. The number of carbonyl (C=O) groups excluding carboxylic acids is 2. The first-order chi connectivity index (χ1) is 17.8. The van der Waals surface area contributed by atoms with Gasteiger partial charge < -0.3 is 25.2 Å². The maximum atomic E-state index is 13.2. The molecule has 0 radical (unpaired) electrons. The van der Waals surface area contributed by atoms with Gasteiger partial charge in [0.05, 0.1) is 12.1 Å². The van der Waals surface area contributed by atoms with Gasteiger partial charge in [-0.2, -0.15) is 0 Å². The van der Waals surface area contributed by atoms with Crippen molar-refractivity contribution >= 4 is 35.2 Å². The Balaban J connectivity index is 1.45. The van der Waals surface area contributed by atoms with E-state index in [1.807, 2.05) is 42.5 Å². The smallest absolute Gasteiger partial charge is 0.322 e. The van der Waals surface area contributed by atoms with Crippen LogP contribution in [0.5, 0.6) is 5.75 Å². The zero-order chi connectivity index (χ0) is 26.4. The van der Waals surface area contributed by atoms with E-state index < -0.39 is 29.8 Å². The third-order valence-corrected chi connectivity index (χ3v) is 7.12. The molecule has 0 saturated carbocycles. The molecule has 2 amide bonds. The van der Waals surface area contributed by atoms with Crippen LogP contribution in [0.15, 0.2) is 78.9 Å². The Hall–Kier alpha value is -3.89. The predicted octanol–water partition coefficient (Wildman–Crippen LogP) is 3.33. The number of para-hydroxylation sites is 1. The Labute approximate surface area is 217 Å². The largest absolute Gasteiger partial charge is 0.484 e. The van der Waals surface area contributed by atoms with Crippen LogP contribution in [0.2, 0.25) is 0 Å². The van der Waals surface area contributed by atoms with Crippen LogP contribution in [0.25, 0.3) is 0 Å². The predicted molar refractivity (Wildman–Crippen MR) is 137 cm³/mol. The lowest BCUT2D eigenvalue weighted by Gasteiger charge is -2.47. The lowest BCUT2D eigenvalue weighted by molar-refractivity contribution is -0.138. The minimum absolute atomic E-state index is 0.0806. The third-order valence-electron chi connectivity index (χ3n) is 5.80. The van der Waals surface area contributed by atoms with Crippen LogP contribution in [-0.2, 0) is 14.4 Å². The second kappa shape index (κ2) is 11.9. The highest BCUT2D eigenvalue weighted by atomic mass is 32.2. The monoisotopic (exact) mass is 524 g/mol. The Morgan fingerprint density at radius 1 is 1.03 bits per heavy atom. The molecule has 1 saturated heterocycles. The topological polar surface area (TPSA) is 116 Å². The minimum atomic E-state index is -1.15. The highest BCUT2D eigenvalue weighted by molar-refractivity contribution is 8.00. The van der Waals surface area contributed by atoms with Gasteiger partial charge in [0.25, 0.3) is 5.91 Å². The van der Waals surface area contributed by atoms with E-state index in [0.717, 1.165) is 11.3 Å². The maximum absolute atomic E-state index is 13.2. The number of carboxylic acid groups (broad SMARTS) is 1. The van der Waals surface area contributed by atoms with Gasteiger partial charge in [0.15, 0.2) is 6.61 Å². The van der Waals surface area contributed by atoms with E-state index >= 15 is 0 Å². The van der Waals surface area contributed by atoms with E-state index in [1.165, 1.54) is 36.0 Å². The first kappa shape index (κ1) is 26.2. The molecule has 1 aliphatic heterocycles. The molecule has 4 rings (SSSR count). The van der Waals surface area contributed by atoms with Gasteiger partial charge >= 0.3 is 5.97 Å². The van der Waals surface area contributed by atoms with Gasteiger partial charge in [-0.15, -0.1) is 11.8 Å². The van der Waals surface area contributed by atoms with Crippen LogP contribution in [0, 0.1) is 5.82 Å². The number of nitrogens with one attached hydrogen (secondary N) is 1. The summed E-state index contributed by atoms with van der Waals surface area (Å²) in [5.41, 5.74) is 2.18. The molecule has 0 aromatic heterocycles. The standard InChI is InChI=1S/C27H25FN2O6S/c28-19-10-6-17(7-11-19)22(31)16-37-26-25(30(27(26)35)20-4-2-1-3-5-20)18-8-12-21(13-9-18)36-15-23(32)29-14-24(33)34/h1-13,22,25-26,31H,14-16H2,(H,29,32)(H,33,34)/t22?,25?,26-/m1/s1. The van der Waals surface area contributed by atoms with E-state index in [2.05, 4.69) is 5.32 Å². The molecule has 3 atom stereocenters. The molecule has 3 N–H and O–H groups in total. The van der Waals surface area contributed by atoms with Gasteiger partial charge in [0.2, 0.25) is 5.91 Å². The van der Waals surface area contributed by atoms with Gasteiger partial charge in [0.1, 0.15) is 23.4 Å². The third kappa shape index (κ3) is 6.46. The lowest BCUT2D eigenvalue weighted by atomic mass is 9.92. The van der Waals surface area contributed by atoms with Crippen molar-refractivity contribution in [3.63, 3.8) is 0 Å². The van der Waals surface area contributed by atoms with Crippen LogP contribution >= 0.6 is 11.8 Å².